The molecule has 5 heteroatoms. The molecule has 0 spiro atoms. The smallest absolute Gasteiger partial charge is 0.133 e. The van der Waals surface area contributed by atoms with E-state index in [-0.39, 0.29) is 25.6 Å². The third-order valence-electron chi connectivity index (χ3n) is 3.23. The van der Waals surface area contributed by atoms with Crippen molar-refractivity contribution in [3.63, 3.8) is 0 Å². The summed E-state index contributed by atoms with van der Waals surface area (Å²) in [5.41, 5.74) is 3.50. The van der Waals surface area contributed by atoms with E-state index in [1.165, 1.54) is 0 Å². The van der Waals surface area contributed by atoms with Crippen molar-refractivity contribution in [1.29, 1.82) is 0 Å². The van der Waals surface area contributed by atoms with Gasteiger partial charge in [0.15, 0.2) is 0 Å². The van der Waals surface area contributed by atoms with Gasteiger partial charge in [-0.25, -0.2) is 0 Å². The molecular weight excluding hydrogens is 272 g/mol. The highest BCUT2D eigenvalue weighted by Gasteiger charge is 2.12. The second-order valence-corrected chi connectivity index (χ2v) is 5.34. The van der Waals surface area contributed by atoms with E-state index in [0.717, 1.165) is 0 Å². The second-order valence-electron chi connectivity index (χ2n) is 5.34. The van der Waals surface area contributed by atoms with E-state index in [0.29, 0.717) is 23.5 Å². The summed E-state index contributed by atoms with van der Waals surface area (Å²) >= 11 is 0. The van der Waals surface area contributed by atoms with Crippen molar-refractivity contribution >= 4 is 0 Å². The number of hydrogen-bond donors (Lipinski definition) is 4. The van der Waals surface area contributed by atoms with Crippen LogP contribution in [0.2, 0.25) is 0 Å². The minimum absolute atomic E-state index is 0.110. The lowest BCUT2D eigenvalue weighted by molar-refractivity contribution is 0.122. The van der Waals surface area contributed by atoms with Crippen LogP contribution in [0.1, 0.15) is 44.3 Å². The summed E-state index contributed by atoms with van der Waals surface area (Å²) in [4.78, 5) is 0. The van der Waals surface area contributed by atoms with Crippen LogP contribution in [-0.2, 0) is 6.61 Å². The van der Waals surface area contributed by atoms with E-state index in [9.17, 15) is 15.3 Å². The molecular formula is C16H24O5. The zero-order chi connectivity index (χ0) is 15.8. The Morgan fingerprint density at radius 2 is 2.00 bits per heavy atom. The van der Waals surface area contributed by atoms with Crippen molar-refractivity contribution in [3.8, 4) is 0 Å². The number of aliphatic hydroxyl groups excluding tert-OH is 4. The molecule has 0 amide bonds. The number of furan rings is 1. The Kier molecular flexibility index (Phi) is 7.43. The first-order chi connectivity index (χ1) is 9.97. The molecule has 0 fully saturated rings. The fourth-order valence-corrected chi connectivity index (χ4v) is 1.75. The predicted octanol–water partition coefficient (Wildman–Crippen LogP) is 1.68. The van der Waals surface area contributed by atoms with Crippen LogP contribution in [0, 0.1) is 5.92 Å². The summed E-state index contributed by atoms with van der Waals surface area (Å²) in [6, 6.07) is 3.22. The highest BCUT2D eigenvalue weighted by atomic mass is 16.4. The van der Waals surface area contributed by atoms with Crippen molar-refractivity contribution in [2.24, 2.45) is 5.92 Å². The minimum atomic E-state index is -0.826. The molecule has 4 N–H and O–H groups in total. The maximum absolute atomic E-state index is 9.92. The van der Waals surface area contributed by atoms with Crippen LogP contribution >= 0.6 is 0 Å². The molecule has 1 heterocycles. The third kappa shape index (κ3) is 5.87. The van der Waals surface area contributed by atoms with Gasteiger partial charge in [-0.05, 0) is 29.7 Å². The highest BCUT2D eigenvalue weighted by molar-refractivity contribution is 5.10. The summed E-state index contributed by atoms with van der Waals surface area (Å²) in [7, 11) is 0. The molecule has 1 aromatic heterocycles. The summed E-state index contributed by atoms with van der Waals surface area (Å²) < 4.78 is 5.23. The normalized spacial score (nSPS) is 13.9. The van der Waals surface area contributed by atoms with Crippen LogP contribution < -0.4 is 0 Å². The van der Waals surface area contributed by atoms with Gasteiger partial charge in [-0.1, -0.05) is 13.8 Å². The second kappa shape index (κ2) is 8.82. The lowest BCUT2D eigenvalue weighted by Gasteiger charge is -2.14. The van der Waals surface area contributed by atoms with Gasteiger partial charge in [0.1, 0.15) is 24.2 Å². The zero-order valence-electron chi connectivity index (χ0n) is 12.5. The first kappa shape index (κ1) is 17.7. The molecule has 1 aromatic rings. The summed E-state index contributed by atoms with van der Waals surface area (Å²) in [6.07, 6.45) is 0.906. The maximum atomic E-state index is 9.92. The molecule has 0 saturated heterocycles. The van der Waals surface area contributed by atoms with Crippen molar-refractivity contribution in [2.75, 3.05) is 6.61 Å². The van der Waals surface area contributed by atoms with Crippen LogP contribution in [0.15, 0.2) is 33.9 Å². The van der Waals surface area contributed by atoms with Crippen molar-refractivity contribution in [1.82, 2.24) is 0 Å². The molecule has 1 rings (SSSR count). The first-order valence-electron chi connectivity index (χ1n) is 7.07. The maximum Gasteiger partial charge on any atom is 0.133 e. The fraction of sp³-hybridized carbons (Fsp3) is 0.562. The molecule has 0 aromatic carbocycles. The molecule has 0 aliphatic carbocycles. The fourth-order valence-electron chi connectivity index (χ4n) is 1.75. The Labute approximate surface area is 124 Å². The lowest BCUT2D eigenvalue weighted by Crippen LogP contribution is -2.16. The molecule has 0 unspecified atom stereocenters. The van der Waals surface area contributed by atoms with E-state index >= 15 is 0 Å². The lowest BCUT2D eigenvalue weighted by atomic mass is 10.00. The Hall–Kier alpha value is -1.36. The van der Waals surface area contributed by atoms with E-state index in [2.05, 4.69) is 5.73 Å². The zero-order valence-corrected chi connectivity index (χ0v) is 12.5. The van der Waals surface area contributed by atoms with Crippen molar-refractivity contribution < 1.29 is 24.8 Å². The monoisotopic (exact) mass is 296 g/mol. The molecule has 0 aliphatic rings. The number of aliphatic hydroxyl groups is 4. The van der Waals surface area contributed by atoms with E-state index in [1.807, 2.05) is 13.8 Å². The van der Waals surface area contributed by atoms with Gasteiger partial charge in [-0.2, -0.15) is 0 Å². The van der Waals surface area contributed by atoms with Gasteiger partial charge in [-0.3, -0.25) is 0 Å². The molecule has 21 heavy (non-hydrogen) atoms. The van der Waals surface area contributed by atoms with Crippen LogP contribution in [0.5, 0.6) is 0 Å². The van der Waals surface area contributed by atoms with Gasteiger partial charge >= 0.3 is 0 Å². The molecule has 2 atom stereocenters. The summed E-state index contributed by atoms with van der Waals surface area (Å²) in [5, 5.41) is 37.8. The van der Waals surface area contributed by atoms with Crippen molar-refractivity contribution in [2.45, 2.75) is 45.5 Å². The molecule has 0 aliphatic heterocycles. The summed E-state index contributed by atoms with van der Waals surface area (Å²) in [6.45, 7) is 3.43. The average molecular weight is 296 g/mol. The van der Waals surface area contributed by atoms with E-state index in [4.69, 9.17) is 9.52 Å². The highest BCUT2D eigenvalue weighted by Crippen LogP contribution is 2.20. The number of hydrogen-bond acceptors (Lipinski definition) is 5. The Morgan fingerprint density at radius 1 is 1.29 bits per heavy atom. The molecule has 118 valence electrons. The Balaban J connectivity index is 2.62. The average Bonchev–Trinajstić information content (AvgIpc) is 2.94. The number of rotatable bonds is 8. The Bertz CT molecular complexity index is 483. The van der Waals surface area contributed by atoms with Crippen LogP contribution in [0.3, 0.4) is 0 Å². The van der Waals surface area contributed by atoms with E-state index in [1.54, 1.807) is 18.2 Å². The van der Waals surface area contributed by atoms with Crippen LogP contribution in [-0.4, -0.2) is 33.1 Å². The minimum Gasteiger partial charge on any atom is -0.461 e. The molecule has 5 nitrogen and oxygen atoms in total. The first-order valence-corrected chi connectivity index (χ1v) is 7.07. The molecule has 0 radical (unpaired) electrons. The van der Waals surface area contributed by atoms with Crippen molar-refractivity contribution in [3.05, 3.63) is 41.0 Å². The van der Waals surface area contributed by atoms with Gasteiger partial charge in [-0.15, -0.1) is 5.73 Å². The topological polar surface area (TPSA) is 94.1 Å². The molecule has 0 bridgehead atoms. The standard InChI is InChI=1S/C16H24O5/c1-11(2)15(20)8-12(9-17)4-3-5-14(19)16-7-6-13(10-18)21-16/h3,6-7,11,14-15,17-20H,5,8-10H2,1-2H3/t4?,14-,15-/m1/s1. The SMILES string of the molecule is CC(C)[C@H](O)CC(=C=CC[C@@H](O)c1ccc(CO)o1)CO. The quantitative estimate of drug-likeness (QED) is 0.548. The van der Waals surface area contributed by atoms with Gasteiger partial charge < -0.3 is 24.8 Å². The van der Waals surface area contributed by atoms with Crippen LogP contribution in [0.4, 0.5) is 0 Å². The van der Waals surface area contributed by atoms with Gasteiger partial charge in [0.05, 0.1) is 12.7 Å². The van der Waals surface area contributed by atoms with Crippen LogP contribution in [0.25, 0.3) is 0 Å². The largest absolute Gasteiger partial charge is 0.461 e. The summed E-state index contributed by atoms with van der Waals surface area (Å²) in [5.74, 6) is 0.892. The van der Waals surface area contributed by atoms with Gasteiger partial charge in [0.2, 0.25) is 0 Å². The Morgan fingerprint density at radius 3 is 2.52 bits per heavy atom. The predicted molar refractivity (Wildman–Crippen MR) is 78.4 cm³/mol. The van der Waals surface area contributed by atoms with Gasteiger partial charge in [0, 0.05) is 12.8 Å². The van der Waals surface area contributed by atoms with E-state index < -0.39 is 12.2 Å². The molecule has 0 saturated carbocycles. The third-order valence-corrected chi connectivity index (χ3v) is 3.23. The van der Waals surface area contributed by atoms with Gasteiger partial charge in [0.25, 0.3) is 0 Å².